The Morgan fingerprint density at radius 1 is 1.25 bits per heavy atom. The van der Waals surface area contributed by atoms with E-state index in [-0.39, 0.29) is 5.91 Å². The molecule has 7 heteroatoms. The fraction of sp³-hybridized carbons (Fsp3) is 0.588. The molecule has 0 aromatic carbocycles. The molecule has 0 aliphatic carbocycles. The van der Waals surface area contributed by atoms with Crippen molar-refractivity contribution in [3.8, 4) is 0 Å². The van der Waals surface area contributed by atoms with Gasteiger partial charge in [-0.3, -0.25) is 14.7 Å². The van der Waals surface area contributed by atoms with Crippen LogP contribution >= 0.6 is 0 Å². The molecule has 1 aromatic heterocycles. The van der Waals surface area contributed by atoms with Crippen molar-refractivity contribution >= 4 is 11.9 Å². The molecule has 0 saturated carbocycles. The van der Waals surface area contributed by atoms with Gasteiger partial charge in [0.15, 0.2) is 5.96 Å². The van der Waals surface area contributed by atoms with Crippen LogP contribution in [0.2, 0.25) is 0 Å². The molecule has 0 bridgehead atoms. The topological polar surface area (TPSA) is 72.9 Å². The fourth-order valence-electron chi connectivity index (χ4n) is 2.61. The summed E-state index contributed by atoms with van der Waals surface area (Å²) < 4.78 is 0. The largest absolute Gasteiger partial charge is 0.357 e. The van der Waals surface area contributed by atoms with E-state index in [1.807, 2.05) is 23.1 Å². The number of aliphatic imine (C=N–C) groups is 1. The third-order valence-corrected chi connectivity index (χ3v) is 4.01. The Balaban J connectivity index is 1.72. The lowest BCUT2D eigenvalue weighted by Crippen LogP contribution is -2.50. The molecule has 132 valence electrons. The zero-order valence-corrected chi connectivity index (χ0v) is 14.7. The summed E-state index contributed by atoms with van der Waals surface area (Å²) in [5, 5.41) is 6.61. The van der Waals surface area contributed by atoms with Crippen molar-refractivity contribution in [2.45, 2.75) is 20.4 Å². The van der Waals surface area contributed by atoms with E-state index in [2.05, 4.69) is 32.4 Å². The highest BCUT2D eigenvalue weighted by Gasteiger charge is 2.17. The van der Waals surface area contributed by atoms with Crippen LogP contribution in [0.15, 0.2) is 29.4 Å². The first-order valence-corrected chi connectivity index (χ1v) is 8.59. The number of aromatic nitrogens is 1. The van der Waals surface area contributed by atoms with Crippen molar-refractivity contribution in [1.29, 1.82) is 0 Å². The second-order valence-electron chi connectivity index (χ2n) is 5.79. The third kappa shape index (κ3) is 6.16. The average Bonchev–Trinajstić information content (AvgIpc) is 2.61. The molecular weight excluding hydrogens is 304 g/mol. The van der Waals surface area contributed by atoms with Crippen molar-refractivity contribution in [3.63, 3.8) is 0 Å². The quantitative estimate of drug-likeness (QED) is 0.579. The van der Waals surface area contributed by atoms with E-state index in [9.17, 15) is 4.79 Å². The van der Waals surface area contributed by atoms with Crippen LogP contribution < -0.4 is 10.6 Å². The minimum absolute atomic E-state index is 0.170. The molecule has 1 amide bonds. The van der Waals surface area contributed by atoms with Crippen molar-refractivity contribution in [2.24, 2.45) is 4.99 Å². The maximum absolute atomic E-state index is 11.3. The lowest BCUT2D eigenvalue weighted by Gasteiger charge is -2.34. The fourth-order valence-corrected chi connectivity index (χ4v) is 2.61. The summed E-state index contributed by atoms with van der Waals surface area (Å²) in [6, 6.07) is 5.85. The maximum atomic E-state index is 11.3. The number of guanidine groups is 1. The molecular formula is C17H28N6O. The Bertz CT molecular complexity index is 525. The number of carbonyl (C=O) groups excluding carboxylic acids is 1. The molecule has 0 spiro atoms. The normalized spacial score (nSPS) is 16.1. The van der Waals surface area contributed by atoms with Gasteiger partial charge in [0.05, 0.1) is 12.2 Å². The van der Waals surface area contributed by atoms with Gasteiger partial charge in [-0.25, -0.2) is 4.99 Å². The van der Waals surface area contributed by atoms with E-state index >= 15 is 0 Å². The van der Waals surface area contributed by atoms with Crippen LogP contribution in [-0.2, 0) is 11.3 Å². The monoisotopic (exact) mass is 332 g/mol. The van der Waals surface area contributed by atoms with Crippen molar-refractivity contribution in [1.82, 2.24) is 25.4 Å². The Morgan fingerprint density at radius 2 is 2.04 bits per heavy atom. The molecule has 24 heavy (non-hydrogen) atoms. The van der Waals surface area contributed by atoms with Gasteiger partial charge in [0, 0.05) is 58.9 Å². The summed E-state index contributed by atoms with van der Waals surface area (Å²) >= 11 is 0. The molecule has 2 heterocycles. The number of pyridine rings is 1. The van der Waals surface area contributed by atoms with Gasteiger partial charge in [0.2, 0.25) is 5.91 Å². The smallest absolute Gasteiger partial charge is 0.219 e. The predicted octanol–water partition coefficient (Wildman–Crippen LogP) is 0.301. The zero-order chi connectivity index (χ0) is 17.2. The number of nitrogens with one attached hydrogen (secondary N) is 2. The van der Waals surface area contributed by atoms with Gasteiger partial charge in [-0.05, 0) is 19.1 Å². The van der Waals surface area contributed by atoms with Crippen molar-refractivity contribution in [3.05, 3.63) is 30.1 Å². The number of hydrogen-bond acceptors (Lipinski definition) is 4. The number of hydrogen-bond donors (Lipinski definition) is 2. The summed E-state index contributed by atoms with van der Waals surface area (Å²) in [6.45, 7) is 10.4. The number of piperazine rings is 1. The standard InChI is InChI=1S/C17H28N6O/c1-3-18-17(21-14-16-6-4-5-7-19-16)20-8-9-22-10-12-23(13-11-22)15(2)24/h4-7H,3,8-14H2,1-2H3,(H2,18,20,21). The van der Waals surface area contributed by atoms with Crippen molar-refractivity contribution < 1.29 is 4.79 Å². The van der Waals surface area contributed by atoms with Gasteiger partial charge >= 0.3 is 0 Å². The molecule has 1 saturated heterocycles. The van der Waals surface area contributed by atoms with E-state index in [1.165, 1.54) is 0 Å². The first-order valence-electron chi connectivity index (χ1n) is 8.59. The van der Waals surface area contributed by atoms with E-state index < -0.39 is 0 Å². The van der Waals surface area contributed by atoms with Crippen LogP contribution in [0.25, 0.3) is 0 Å². The van der Waals surface area contributed by atoms with Crippen LogP contribution in [0, 0.1) is 0 Å². The number of rotatable bonds is 6. The van der Waals surface area contributed by atoms with Gasteiger partial charge in [-0.2, -0.15) is 0 Å². The predicted molar refractivity (Wildman–Crippen MR) is 95.7 cm³/mol. The highest BCUT2D eigenvalue weighted by molar-refractivity contribution is 5.79. The van der Waals surface area contributed by atoms with E-state index in [0.29, 0.717) is 6.54 Å². The van der Waals surface area contributed by atoms with Crippen molar-refractivity contribution in [2.75, 3.05) is 45.8 Å². The zero-order valence-electron chi connectivity index (χ0n) is 14.7. The Kier molecular flexibility index (Phi) is 7.48. The molecule has 2 rings (SSSR count). The molecule has 1 aliphatic heterocycles. The summed E-state index contributed by atoms with van der Waals surface area (Å²) in [6.07, 6.45) is 1.78. The summed E-state index contributed by atoms with van der Waals surface area (Å²) in [5.41, 5.74) is 0.954. The molecule has 0 atom stereocenters. The highest BCUT2D eigenvalue weighted by atomic mass is 16.2. The van der Waals surface area contributed by atoms with Gasteiger partial charge in [0.25, 0.3) is 0 Å². The summed E-state index contributed by atoms with van der Waals surface area (Å²) in [7, 11) is 0. The molecule has 2 N–H and O–H groups in total. The Morgan fingerprint density at radius 3 is 2.67 bits per heavy atom. The second-order valence-corrected chi connectivity index (χ2v) is 5.79. The molecule has 1 aliphatic rings. The molecule has 7 nitrogen and oxygen atoms in total. The molecule has 1 fully saturated rings. The van der Waals surface area contributed by atoms with Gasteiger partial charge in [-0.15, -0.1) is 0 Å². The summed E-state index contributed by atoms with van der Waals surface area (Å²) in [5.74, 6) is 0.981. The maximum Gasteiger partial charge on any atom is 0.219 e. The van der Waals surface area contributed by atoms with Crippen LogP contribution in [-0.4, -0.2) is 72.5 Å². The van der Waals surface area contributed by atoms with Gasteiger partial charge in [0.1, 0.15) is 0 Å². The number of nitrogens with zero attached hydrogens (tertiary/aromatic N) is 4. The minimum atomic E-state index is 0.170. The second kappa shape index (κ2) is 9.87. The van der Waals surface area contributed by atoms with E-state index in [1.54, 1.807) is 13.1 Å². The highest BCUT2D eigenvalue weighted by Crippen LogP contribution is 2.01. The minimum Gasteiger partial charge on any atom is -0.357 e. The first-order chi connectivity index (χ1) is 11.7. The van der Waals surface area contributed by atoms with E-state index in [4.69, 9.17) is 0 Å². The van der Waals surface area contributed by atoms with E-state index in [0.717, 1.165) is 57.5 Å². The lowest BCUT2D eigenvalue weighted by atomic mass is 10.3. The first kappa shape index (κ1) is 18.2. The van der Waals surface area contributed by atoms with Gasteiger partial charge in [-0.1, -0.05) is 6.07 Å². The van der Waals surface area contributed by atoms with Crippen LogP contribution in [0.5, 0.6) is 0 Å². The third-order valence-electron chi connectivity index (χ3n) is 4.01. The van der Waals surface area contributed by atoms with Crippen LogP contribution in [0.1, 0.15) is 19.5 Å². The number of carbonyl (C=O) groups is 1. The SMILES string of the molecule is CCNC(=NCc1ccccn1)NCCN1CCN(C(C)=O)CC1. The average molecular weight is 332 g/mol. The van der Waals surface area contributed by atoms with Crippen LogP contribution in [0.3, 0.4) is 0 Å². The number of amides is 1. The molecule has 1 aromatic rings. The van der Waals surface area contributed by atoms with Crippen LogP contribution in [0.4, 0.5) is 0 Å². The molecule has 0 radical (unpaired) electrons. The Labute approximate surface area is 144 Å². The lowest BCUT2D eigenvalue weighted by molar-refractivity contribution is -0.130. The molecule has 0 unspecified atom stereocenters. The summed E-state index contributed by atoms with van der Waals surface area (Å²) in [4.78, 5) is 24.5. The Hall–Kier alpha value is -2.15. The van der Waals surface area contributed by atoms with Gasteiger partial charge < -0.3 is 15.5 Å².